The van der Waals surface area contributed by atoms with Gasteiger partial charge in [0.1, 0.15) is 17.1 Å². The SMILES string of the molecule is O=C(COc1ccc(C(F)(F)F)cc1)NC[C@H]1CC[C@H](NC(=O)c2cn(C3CC3)c3cc(Cl)c(F)cc3c2=O)CC1. The summed E-state index contributed by atoms with van der Waals surface area (Å²) in [6.45, 7) is 0.0811. The second-order valence-corrected chi connectivity index (χ2v) is 11.0. The lowest BCUT2D eigenvalue weighted by Crippen LogP contribution is -2.41. The molecule has 2 aliphatic carbocycles. The van der Waals surface area contributed by atoms with Crippen LogP contribution < -0.4 is 20.8 Å². The van der Waals surface area contributed by atoms with Crippen molar-refractivity contribution in [3.8, 4) is 5.75 Å². The fourth-order valence-corrected chi connectivity index (χ4v) is 5.29. The molecule has 2 fully saturated rings. The van der Waals surface area contributed by atoms with Crippen LogP contribution in [0.1, 0.15) is 60.5 Å². The van der Waals surface area contributed by atoms with E-state index in [1.165, 1.54) is 18.2 Å². The first-order valence-electron chi connectivity index (χ1n) is 13.4. The van der Waals surface area contributed by atoms with E-state index in [-0.39, 0.29) is 52.2 Å². The molecule has 2 aromatic carbocycles. The molecule has 1 heterocycles. The van der Waals surface area contributed by atoms with Gasteiger partial charge in [-0.25, -0.2) is 4.39 Å². The molecular weight excluding hydrogens is 566 g/mol. The number of aromatic nitrogens is 1. The van der Waals surface area contributed by atoms with Crippen molar-refractivity contribution in [2.45, 2.75) is 56.8 Å². The zero-order valence-corrected chi connectivity index (χ0v) is 22.7. The minimum atomic E-state index is -4.44. The van der Waals surface area contributed by atoms with Crippen molar-refractivity contribution in [3.63, 3.8) is 0 Å². The Bertz CT molecular complexity index is 1510. The Kier molecular flexibility index (Phi) is 8.26. The summed E-state index contributed by atoms with van der Waals surface area (Å²) in [4.78, 5) is 38.4. The quantitative estimate of drug-likeness (QED) is 0.331. The third-order valence-corrected chi connectivity index (χ3v) is 7.87. The summed E-state index contributed by atoms with van der Waals surface area (Å²) >= 11 is 5.95. The fourth-order valence-electron chi connectivity index (χ4n) is 5.13. The summed E-state index contributed by atoms with van der Waals surface area (Å²) in [5.74, 6) is -1.26. The molecule has 0 saturated heterocycles. The number of benzene rings is 2. The number of amides is 2. The number of nitrogens with one attached hydrogen (secondary N) is 2. The van der Waals surface area contributed by atoms with Crippen LogP contribution in [0.25, 0.3) is 10.9 Å². The van der Waals surface area contributed by atoms with E-state index in [2.05, 4.69) is 10.6 Å². The van der Waals surface area contributed by atoms with Crippen LogP contribution in [0.2, 0.25) is 5.02 Å². The highest BCUT2D eigenvalue weighted by Crippen LogP contribution is 2.38. The monoisotopic (exact) mass is 593 g/mol. The van der Waals surface area contributed by atoms with Crippen molar-refractivity contribution >= 4 is 34.3 Å². The van der Waals surface area contributed by atoms with Crippen LogP contribution in [0.3, 0.4) is 0 Å². The molecule has 3 aromatic rings. The molecule has 7 nitrogen and oxygen atoms in total. The van der Waals surface area contributed by atoms with Gasteiger partial charge in [0.2, 0.25) is 5.43 Å². The number of hydrogen-bond acceptors (Lipinski definition) is 4. The van der Waals surface area contributed by atoms with E-state index in [0.717, 1.165) is 43.9 Å². The largest absolute Gasteiger partial charge is 0.484 e. The molecule has 2 saturated carbocycles. The number of carbonyl (C=O) groups is 2. The first-order chi connectivity index (χ1) is 19.5. The molecule has 218 valence electrons. The molecule has 2 N–H and O–H groups in total. The number of nitrogens with zero attached hydrogens (tertiary/aromatic N) is 1. The molecule has 0 atom stereocenters. The predicted octanol–water partition coefficient (Wildman–Crippen LogP) is 5.63. The first kappa shape index (κ1) is 28.9. The lowest BCUT2D eigenvalue weighted by molar-refractivity contribution is -0.137. The summed E-state index contributed by atoms with van der Waals surface area (Å²) in [7, 11) is 0. The van der Waals surface area contributed by atoms with Crippen molar-refractivity contribution in [2.24, 2.45) is 5.92 Å². The molecule has 0 bridgehead atoms. The highest BCUT2D eigenvalue weighted by Gasteiger charge is 2.31. The molecule has 0 aliphatic heterocycles. The molecule has 2 aliphatic rings. The molecule has 0 radical (unpaired) electrons. The van der Waals surface area contributed by atoms with E-state index in [1.54, 1.807) is 6.20 Å². The fraction of sp³-hybridized carbons (Fsp3) is 0.414. The Labute approximate surface area is 237 Å². The average molecular weight is 594 g/mol. The van der Waals surface area contributed by atoms with Gasteiger partial charge >= 0.3 is 6.18 Å². The highest BCUT2D eigenvalue weighted by molar-refractivity contribution is 6.31. The third kappa shape index (κ3) is 6.83. The van der Waals surface area contributed by atoms with Gasteiger partial charge in [0.25, 0.3) is 11.8 Å². The smallest absolute Gasteiger partial charge is 0.416 e. The van der Waals surface area contributed by atoms with Gasteiger partial charge in [-0.2, -0.15) is 13.2 Å². The Morgan fingerprint density at radius 1 is 1.02 bits per heavy atom. The Balaban J connectivity index is 1.10. The molecule has 12 heteroatoms. The van der Waals surface area contributed by atoms with E-state index in [1.807, 2.05) is 4.57 Å². The molecule has 5 rings (SSSR count). The van der Waals surface area contributed by atoms with Gasteiger partial charge in [0.15, 0.2) is 6.61 Å². The second-order valence-electron chi connectivity index (χ2n) is 10.6. The topological polar surface area (TPSA) is 89.4 Å². The van der Waals surface area contributed by atoms with Crippen LogP contribution in [0.5, 0.6) is 5.75 Å². The van der Waals surface area contributed by atoms with Crippen LogP contribution >= 0.6 is 11.6 Å². The average Bonchev–Trinajstić information content (AvgIpc) is 3.78. The Hall–Kier alpha value is -3.60. The van der Waals surface area contributed by atoms with E-state index >= 15 is 0 Å². The zero-order chi connectivity index (χ0) is 29.3. The third-order valence-electron chi connectivity index (χ3n) is 7.58. The summed E-state index contributed by atoms with van der Waals surface area (Å²) in [6.07, 6.45) is 1.68. The number of fused-ring (bicyclic) bond motifs is 1. The van der Waals surface area contributed by atoms with Crippen molar-refractivity contribution < 1.29 is 31.9 Å². The summed E-state index contributed by atoms with van der Waals surface area (Å²) in [6, 6.07) is 6.61. The van der Waals surface area contributed by atoms with Gasteiger partial charge in [-0.05, 0) is 80.8 Å². The number of carbonyl (C=O) groups excluding carboxylic acids is 2. The molecule has 2 amide bonds. The maximum atomic E-state index is 14.2. The molecule has 0 spiro atoms. The van der Waals surface area contributed by atoms with Crippen molar-refractivity contribution in [1.82, 2.24) is 15.2 Å². The zero-order valence-electron chi connectivity index (χ0n) is 21.9. The van der Waals surface area contributed by atoms with Gasteiger partial charge < -0.3 is 19.9 Å². The Morgan fingerprint density at radius 2 is 1.71 bits per heavy atom. The molecule has 41 heavy (non-hydrogen) atoms. The molecular formula is C29H28ClF4N3O4. The van der Waals surface area contributed by atoms with E-state index in [4.69, 9.17) is 16.3 Å². The van der Waals surface area contributed by atoms with E-state index < -0.39 is 28.9 Å². The summed E-state index contributed by atoms with van der Waals surface area (Å²) < 4.78 is 59.2. The molecule has 0 unspecified atom stereocenters. The van der Waals surface area contributed by atoms with Crippen LogP contribution in [-0.2, 0) is 11.0 Å². The minimum absolute atomic E-state index is 0.0337. The van der Waals surface area contributed by atoms with Crippen molar-refractivity contribution in [1.29, 1.82) is 0 Å². The lowest BCUT2D eigenvalue weighted by Gasteiger charge is -2.29. The van der Waals surface area contributed by atoms with E-state index in [9.17, 15) is 31.9 Å². The summed E-state index contributed by atoms with van der Waals surface area (Å²) in [5.41, 5.74) is -0.865. The van der Waals surface area contributed by atoms with Gasteiger partial charge in [-0.1, -0.05) is 11.6 Å². The normalized spacial score (nSPS) is 19.1. The number of alkyl halides is 3. The maximum Gasteiger partial charge on any atom is 0.416 e. The van der Waals surface area contributed by atoms with Gasteiger partial charge in [0, 0.05) is 30.2 Å². The number of rotatable bonds is 8. The second kappa shape index (κ2) is 11.7. The van der Waals surface area contributed by atoms with Crippen LogP contribution in [0, 0.1) is 11.7 Å². The van der Waals surface area contributed by atoms with E-state index in [0.29, 0.717) is 24.9 Å². The van der Waals surface area contributed by atoms with Gasteiger partial charge in [-0.3, -0.25) is 14.4 Å². The number of hydrogen-bond donors (Lipinski definition) is 2. The predicted molar refractivity (Wildman–Crippen MR) is 145 cm³/mol. The van der Waals surface area contributed by atoms with Crippen molar-refractivity contribution in [3.05, 3.63) is 74.8 Å². The lowest BCUT2D eigenvalue weighted by atomic mass is 9.86. The number of halogens is 5. The van der Waals surface area contributed by atoms with Crippen LogP contribution in [0.15, 0.2) is 47.4 Å². The number of pyridine rings is 1. The first-order valence-corrected chi connectivity index (χ1v) is 13.8. The summed E-state index contributed by atoms with van der Waals surface area (Å²) in [5, 5.41) is 5.76. The Morgan fingerprint density at radius 3 is 2.34 bits per heavy atom. The number of ether oxygens (including phenoxy) is 1. The van der Waals surface area contributed by atoms with Crippen LogP contribution in [0.4, 0.5) is 17.6 Å². The minimum Gasteiger partial charge on any atom is -0.484 e. The maximum absolute atomic E-state index is 14.2. The van der Waals surface area contributed by atoms with Gasteiger partial charge in [-0.15, -0.1) is 0 Å². The van der Waals surface area contributed by atoms with Crippen LogP contribution in [-0.4, -0.2) is 35.6 Å². The van der Waals surface area contributed by atoms with Crippen molar-refractivity contribution in [2.75, 3.05) is 13.2 Å². The standard InChI is InChI=1S/C29H28ClF4N3O4/c30-23-12-25-21(11-24(23)31)27(39)22(14-37(25)19-7-8-19)28(40)36-18-5-1-16(2-6-18)13-35-26(38)15-41-20-9-3-17(4-10-20)29(32,33)34/h3-4,9-12,14,16,18-19H,1-2,5-8,13,15H2,(H,35,38)(H,36,40)/t16-,18-. The highest BCUT2D eigenvalue weighted by atomic mass is 35.5. The molecule has 1 aromatic heterocycles. The van der Waals surface area contributed by atoms with Gasteiger partial charge in [0.05, 0.1) is 16.1 Å².